The van der Waals surface area contributed by atoms with Crippen LogP contribution < -0.4 is 9.03 Å². The fraction of sp³-hybridized carbons (Fsp3) is 0.462. The third-order valence-electron chi connectivity index (χ3n) is 3.35. The maximum Gasteiger partial charge on any atom is 0.303 e. The van der Waals surface area contributed by atoms with Gasteiger partial charge in [0.05, 0.1) is 5.69 Å². The van der Waals surface area contributed by atoms with Crippen LogP contribution in [0.4, 0.5) is 10.1 Å². The lowest BCUT2D eigenvalue weighted by molar-refractivity contribution is -0.137. The van der Waals surface area contributed by atoms with E-state index in [1.165, 1.54) is 18.2 Å². The summed E-state index contributed by atoms with van der Waals surface area (Å²) in [6.07, 6.45) is 1.18. The number of halogens is 1. The normalized spacial score (nSPS) is 21.8. The Labute approximate surface area is 122 Å². The van der Waals surface area contributed by atoms with Crippen LogP contribution in [0.15, 0.2) is 24.3 Å². The van der Waals surface area contributed by atoms with E-state index in [0.29, 0.717) is 12.8 Å². The minimum atomic E-state index is -3.88. The number of para-hydroxylation sites is 1. The molecule has 0 saturated carbocycles. The quantitative estimate of drug-likeness (QED) is 0.881. The lowest BCUT2D eigenvalue weighted by atomic mass is 10.1. The molecule has 1 fully saturated rings. The molecule has 0 aliphatic carbocycles. The number of benzene rings is 1. The monoisotopic (exact) mass is 316 g/mol. The third-order valence-corrected chi connectivity index (χ3v) is 4.94. The van der Waals surface area contributed by atoms with E-state index in [1.54, 1.807) is 6.07 Å². The average molecular weight is 316 g/mol. The molecule has 1 aliphatic rings. The molecule has 1 aromatic rings. The topological polar surface area (TPSA) is 86.7 Å². The highest BCUT2D eigenvalue weighted by Gasteiger charge is 2.30. The molecule has 6 nitrogen and oxygen atoms in total. The molecule has 21 heavy (non-hydrogen) atoms. The maximum atomic E-state index is 13.8. The van der Waals surface area contributed by atoms with E-state index in [1.807, 2.05) is 0 Å². The van der Waals surface area contributed by atoms with Crippen molar-refractivity contribution >= 4 is 21.9 Å². The first-order chi connectivity index (χ1) is 9.90. The van der Waals surface area contributed by atoms with Crippen molar-refractivity contribution in [2.45, 2.75) is 31.7 Å². The summed E-state index contributed by atoms with van der Waals surface area (Å²) in [4.78, 5) is 10.6. The second-order valence-corrected chi connectivity index (χ2v) is 6.54. The third kappa shape index (κ3) is 3.92. The molecule has 0 spiro atoms. The van der Waals surface area contributed by atoms with E-state index in [4.69, 9.17) is 5.11 Å². The summed E-state index contributed by atoms with van der Waals surface area (Å²) in [7, 11) is -3.88. The van der Waals surface area contributed by atoms with Crippen molar-refractivity contribution in [2.75, 3.05) is 10.8 Å². The summed E-state index contributed by atoms with van der Waals surface area (Å²) in [5.74, 6) is -1.57. The van der Waals surface area contributed by atoms with Gasteiger partial charge in [0.2, 0.25) is 0 Å². The van der Waals surface area contributed by atoms with Gasteiger partial charge in [-0.05, 0) is 31.4 Å². The standard InChI is InChI=1S/C13H17FN2O4S/c14-11-5-1-2-6-12(11)16-9-3-4-10(7-8-13(17)18)15-21(16,19)20/h1-2,5-6,10,15H,3-4,7-9H2,(H,17,18)/t10-/m1/s1. The zero-order valence-corrected chi connectivity index (χ0v) is 12.1. The molecular formula is C13H17FN2O4S. The predicted octanol–water partition coefficient (Wildman–Crippen LogP) is 1.49. The molecule has 0 radical (unpaired) electrons. The number of carbonyl (C=O) groups is 1. The lowest BCUT2D eigenvalue weighted by Gasteiger charge is -2.23. The molecular weight excluding hydrogens is 299 g/mol. The van der Waals surface area contributed by atoms with Gasteiger partial charge in [-0.25, -0.2) is 4.39 Å². The van der Waals surface area contributed by atoms with Gasteiger partial charge in [-0.15, -0.1) is 0 Å². The lowest BCUT2D eigenvalue weighted by Crippen LogP contribution is -2.43. The zero-order chi connectivity index (χ0) is 15.5. The van der Waals surface area contributed by atoms with Crippen LogP contribution in [-0.4, -0.2) is 32.1 Å². The fourth-order valence-corrected chi connectivity index (χ4v) is 3.90. The Hall–Kier alpha value is -1.67. The van der Waals surface area contributed by atoms with Crippen LogP contribution in [0.5, 0.6) is 0 Å². The maximum absolute atomic E-state index is 13.8. The molecule has 1 aliphatic heterocycles. The van der Waals surface area contributed by atoms with Gasteiger partial charge in [0, 0.05) is 19.0 Å². The number of carboxylic acids is 1. The van der Waals surface area contributed by atoms with Crippen LogP contribution in [0.3, 0.4) is 0 Å². The zero-order valence-electron chi connectivity index (χ0n) is 11.3. The summed E-state index contributed by atoms with van der Waals surface area (Å²) in [5, 5.41) is 8.67. The summed E-state index contributed by atoms with van der Waals surface area (Å²) in [6.45, 7) is 0.167. The van der Waals surface area contributed by atoms with Crippen LogP contribution >= 0.6 is 0 Å². The van der Waals surface area contributed by atoms with Crippen LogP contribution in [0, 0.1) is 5.82 Å². The average Bonchev–Trinajstić information content (AvgIpc) is 2.55. The number of aliphatic carboxylic acids is 1. The van der Waals surface area contributed by atoms with Crippen LogP contribution in [0.2, 0.25) is 0 Å². The number of hydrogen-bond acceptors (Lipinski definition) is 3. The number of anilines is 1. The Bertz CT molecular complexity index is 620. The smallest absolute Gasteiger partial charge is 0.303 e. The van der Waals surface area contributed by atoms with Gasteiger partial charge in [-0.1, -0.05) is 12.1 Å². The highest BCUT2D eigenvalue weighted by atomic mass is 32.2. The number of carboxylic acid groups (broad SMARTS) is 1. The minimum Gasteiger partial charge on any atom is -0.481 e. The molecule has 0 unspecified atom stereocenters. The van der Waals surface area contributed by atoms with Gasteiger partial charge < -0.3 is 5.11 Å². The second kappa shape index (κ2) is 6.40. The van der Waals surface area contributed by atoms with E-state index < -0.39 is 28.0 Å². The first-order valence-corrected chi connectivity index (χ1v) is 8.10. The van der Waals surface area contributed by atoms with Gasteiger partial charge >= 0.3 is 16.2 Å². The van der Waals surface area contributed by atoms with E-state index in [9.17, 15) is 17.6 Å². The van der Waals surface area contributed by atoms with Crippen molar-refractivity contribution in [1.29, 1.82) is 0 Å². The summed E-state index contributed by atoms with van der Waals surface area (Å²) < 4.78 is 41.9. The van der Waals surface area contributed by atoms with Crippen molar-refractivity contribution in [2.24, 2.45) is 0 Å². The van der Waals surface area contributed by atoms with Gasteiger partial charge in [0.25, 0.3) is 0 Å². The summed E-state index contributed by atoms with van der Waals surface area (Å²) in [6, 6.07) is 5.24. The van der Waals surface area contributed by atoms with Crippen molar-refractivity contribution in [3.63, 3.8) is 0 Å². The highest BCUT2D eigenvalue weighted by molar-refractivity contribution is 7.90. The van der Waals surface area contributed by atoms with Gasteiger partial charge in [-0.3, -0.25) is 9.10 Å². The SMILES string of the molecule is O=C(O)CC[C@H]1CCCN(c2ccccc2F)S(=O)(=O)N1. The molecule has 116 valence electrons. The number of hydrogen-bond donors (Lipinski definition) is 2. The number of nitrogens with one attached hydrogen (secondary N) is 1. The fourth-order valence-electron chi connectivity index (χ4n) is 2.34. The Morgan fingerprint density at radius 1 is 1.43 bits per heavy atom. The first kappa shape index (κ1) is 15.7. The number of nitrogens with zero attached hydrogens (tertiary/aromatic N) is 1. The Morgan fingerprint density at radius 3 is 2.81 bits per heavy atom. The van der Waals surface area contributed by atoms with E-state index in [0.717, 1.165) is 4.31 Å². The Kier molecular flexibility index (Phi) is 4.79. The molecule has 1 heterocycles. The molecule has 2 rings (SSSR count). The molecule has 1 atom stereocenters. The molecule has 1 aromatic carbocycles. The number of rotatable bonds is 4. The molecule has 2 N–H and O–H groups in total. The highest BCUT2D eigenvalue weighted by Crippen LogP contribution is 2.24. The van der Waals surface area contributed by atoms with Crippen LogP contribution in [0.25, 0.3) is 0 Å². The van der Waals surface area contributed by atoms with Crippen molar-refractivity contribution in [1.82, 2.24) is 4.72 Å². The van der Waals surface area contributed by atoms with Gasteiger partial charge in [0.15, 0.2) is 0 Å². The molecule has 0 amide bonds. The van der Waals surface area contributed by atoms with Gasteiger partial charge in [0.1, 0.15) is 5.82 Å². The van der Waals surface area contributed by atoms with E-state index in [-0.39, 0.29) is 25.1 Å². The van der Waals surface area contributed by atoms with Crippen molar-refractivity contribution < 1.29 is 22.7 Å². The van der Waals surface area contributed by atoms with E-state index >= 15 is 0 Å². The van der Waals surface area contributed by atoms with Crippen LogP contribution in [-0.2, 0) is 15.0 Å². The molecule has 1 saturated heterocycles. The van der Waals surface area contributed by atoms with Crippen molar-refractivity contribution in [3.8, 4) is 0 Å². The Morgan fingerprint density at radius 2 is 2.14 bits per heavy atom. The van der Waals surface area contributed by atoms with Gasteiger partial charge in [-0.2, -0.15) is 13.1 Å². The molecule has 0 aromatic heterocycles. The van der Waals surface area contributed by atoms with E-state index in [2.05, 4.69) is 4.72 Å². The summed E-state index contributed by atoms with van der Waals surface area (Å²) in [5.41, 5.74) is 0.00360. The van der Waals surface area contributed by atoms with Crippen LogP contribution in [0.1, 0.15) is 25.7 Å². The Balaban J connectivity index is 2.19. The first-order valence-electron chi connectivity index (χ1n) is 6.66. The molecule has 0 bridgehead atoms. The minimum absolute atomic E-state index is 0.00360. The largest absolute Gasteiger partial charge is 0.481 e. The van der Waals surface area contributed by atoms with Crippen molar-refractivity contribution in [3.05, 3.63) is 30.1 Å². The summed E-state index contributed by atoms with van der Waals surface area (Å²) >= 11 is 0. The predicted molar refractivity (Wildman–Crippen MR) is 75.7 cm³/mol. The molecule has 8 heteroatoms. The second-order valence-electron chi connectivity index (χ2n) is 4.92.